The summed E-state index contributed by atoms with van der Waals surface area (Å²) >= 11 is 6.90. The maximum Gasteiger partial charge on any atom is 0.150 e. The van der Waals surface area contributed by atoms with E-state index in [-0.39, 0.29) is 11.4 Å². The monoisotopic (exact) mass is 424 g/mol. The van der Waals surface area contributed by atoms with Gasteiger partial charge in [0.1, 0.15) is 15.6 Å². The van der Waals surface area contributed by atoms with Crippen LogP contribution in [-0.4, -0.2) is 26.0 Å². The van der Waals surface area contributed by atoms with Gasteiger partial charge in [-0.25, -0.2) is 8.42 Å². The van der Waals surface area contributed by atoms with E-state index in [0.29, 0.717) is 11.8 Å². The van der Waals surface area contributed by atoms with Gasteiger partial charge in [-0.3, -0.25) is 0 Å². The Kier molecular flexibility index (Phi) is 5.54. The average Bonchev–Trinajstić information content (AvgIpc) is 2.40. The number of halogens is 2. The summed E-state index contributed by atoms with van der Waals surface area (Å²) in [6.07, 6.45) is 4.49. The van der Waals surface area contributed by atoms with Gasteiger partial charge in [0.2, 0.25) is 0 Å². The molecule has 20 heavy (non-hydrogen) atoms. The van der Waals surface area contributed by atoms with Gasteiger partial charge in [-0.05, 0) is 37.5 Å². The molecule has 1 fully saturated rings. The van der Waals surface area contributed by atoms with Crippen molar-refractivity contribution in [3.63, 3.8) is 0 Å². The lowest BCUT2D eigenvalue weighted by atomic mass is 9.97. The molecule has 0 heterocycles. The quantitative estimate of drug-likeness (QED) is 0.682. The Morgan fingerprint density at radius 3 is 2.75 bits per heavy atom. The second-order valence-corrected chi connectivity index (χ2v) is 9.05. The third kappa shape index (κ3) is 4.21. The number of sulfone groups is 1. The summed E-state index contributed by atoms with van der Waals surface area (Å²) in [5, 5.41) is 0.452. The smallest absolute Gasteiger partial charge is 0.150 e. The van der Waals surface area contributed by atoms with Crippen LogP contribution in [0.3, 0.4) is 0 Å². The molecule has 2 atom stereocenters. The molecule has 0 aromatic heterocycles. The normalized spacial score (nSPS) is 23.6. The average molecular weight is 426 g/mol. The summed E-state index contributed by atoms with van der Waals surface area (Å²) in [6.45, 7) is 0. The van der Waals surface area contributed by atoms with Crippen LogP contribution in [0.25, 0.3) is 0 Å². The molecule has 2 unspecified atom stereocenters. The van der Waals surface area contributed by atoms with Crippen molar-refractivity contribution in [1.29, 1.82) is 0 Å². The summed E-state index contributed by atoms with van der Waals surface area (Å²) < 4.78 is 30.4. The molecule has 2 rings (SSSR count). The summed E-state index contributed by atoms with van der Waals surface area (Å²) in [5.41, 5.74) is 1.07. The molecule has 1 saturated carbocycles. The van der Waals surface area contributed by atoms with Crippen LogP contribution < -0.4 is 4.74 Å². The van der Waals surface area contributed by atoms with Crippen LogP contribution >= 0.6 is 31.9 Å². The number of ether oxygens (including phenoxy) is 1. The molecule has 0 saturated heterocycles. The zero-order chi connectivity index (χ0) is 14.8. The van der Waals surface area contributed by atoms with Gasteiger partial charge in [-0.2, -0.15) is 0 Å². The van der Waals surface area contributed by atoms with Crippen LogP contribution in [0.15, 0.2) is 22.7 Å². The molecule has 1 aliphatic carbocycles. The van der Waals surface area contributed by atoms with E-state index in [4.69, 9.17) is 4.74 Å². The second-order valence-electron chi connectivity index (χ2n) is 5.24. The predicted molar refractivity (Wildman–Crippen MR) is 88.3 cm³/mol. The molecular weight excluding hydrogens is 408 g/mol. The van der Waals surface area contributed by atoms with E-state index >= 15 is 0 Å². The fraction of sp³-hybridized carbons (Fsp3) is 0.571. The minimum atomic E-state index is -2.97. The molecule has 112 valence electrons. The van der Waals surface area contributed by atoms with Gasteiger partial charge >= 0.3 is 0 Å². The molecule has 3 nitrogen and oxygen atoms in total. The van der Waals surface area contributed by atoms with Gasteiger partial charge in [0, 0.05) is 28.0 Å². The first-order valence-corrected chi connectivity index (χ1v) is 10.5. The number of rotatable bonds is 4. The van der Waals surface area contributed by atoms with E-state index in [1.54, 1.807) is 0 Å². The van der Waals surface area contributed by atoms with Crippen molar-refractivity contribution in [2.24, 2.45) is 0 Å². The third-order valence-electron chi connectivity index (χ3n) is 3.64. The van der Waals surface area contributed by atoms with Crippen molar-refractivity contribution in [3.05, 3.63) is 28.2 Å². The molecule has 0 spiro atoms. The van der Waals surface area contributed by atoms with Crippen LogP contribution in [0.4, 0.5) is 0 Å². The second kappa shape index (κ2) is 6.79. The summed E-state index contributed by atoms with van der Waals surface area (Å²) in [4.78, 5) is 0. The highest BCUT2D eigenvalue weighted by atomic mass is 79.9. The van der Waals surface area contributed by atoms with Crippen molar-refractivity contribution in [2.45, 2.75) is 42.4 Å². The molecular formula is C14H18Br2O3S. The lowest BCUT2D eigenvalue weighted by molar-refractivity contribution is 0.155. The summed E-state index contributed by atoms with van der Waals surface area (Å²) in [7, 11) is -2.97. The van der Waals surface area contributed by atoms with E-state index in [9.17, 15) is 8.42 Å². The van der Waals surface area contributed by atoms with Gasteiger partial charge in [0.15, 0.2) is 0 Å². The van der Waals surface area contributed by atoms with Crippen molar-refractivity contribution in [3.8, 4) is 5.75 Å². The van der Waals surface area contributed by atoms with Gasteiger partial charge in [-0.15, -0.1) is 0 Å². The lowest BCUT2D eigenvalue weighted by Crippen LogP contribution is -2.33. The van der Waals surface area contributed by atoms with Crippen molar-refractivity contribution in [1.82, 2.24) is 0 Å². The van der Waals surface area contributed by atoms with E-state index in [2.05, 4.69) is 31.9 Å². The molecule has 0 aliphatic heterocycles. The minimum Gasteiger partial charge on any atom is -0.490 e. The highest BCUT2D eigenvalue weighted by molar-refractivity contribution is 9.10. The maximum atomic E-state index is 11.7. The summed E-state index contributed by atoms with van der Waals surface area (Å²) in [5.74, 6) is 0.837. The van der Waals surface area contributed by atoms with Gasteiger partial charge in [0.25, 0.3) is 0 Å². The standard InChI is InChI=1S/C14H18Br2O3S/c1-20(17,18)13-4-2-3-12(8-13)19-14-6-5-11(16)7-10(14)9-15/h5-7,12-13H,2-4,8-9H2,1H3. The topological polar surface area (TPSA) is 43.4 Å². The molecule has 0 bridgehead atoms. The van der Waals surface area contributed by atoms with Crippen LogP contribution in [0.1, 0.15) is 31.2 Å². The highest BCUT2D eigenvalue weighted by Gasteiger charge is 2.30. The maximum absolute atomic E-state index is 11.7. The SMILES string of the molecule is CS(=O)(=O)C1CCCC(Oc2ccc(Br)cc2CBr)C1. The molecule has 1 aliphatic rings. The van der Waals surface area contributed by atoms with Crippen LogP contribution in [0.5, 0.6) is 5.75 Å². The van der Waals surface area contributed by atoms with Crippen LogP contribution in [0.2, 0.25) is 0 Å². The Balaban J connectivity index is 2.10. The Labute approximate surface area is 137 Å². The Morgan fingerprint density at radius 1 is 1.35 bits per heavy atom. The molecule has 1 aromatic rings. The zero-order valence-corrected chi connectivity index (χ0v) is 15.3. The fourth-order valence-electron chi connectivity index (χ4n) is 2.55. The third-order valence-corrected chi connectivity index (χ3v) is 6.38. The van der Waals surface area contributed by atoms with E-state index in [1.165, 1.54) is 6.26 Å². The first kappa shape index (κ1) is 16.3. The minimum absolute atomic E-state index is 0.0116. The van der Waals surface area contributed by atoms with Gasteiger partial charge in [0.05, 0.1) is 11.4 Å². The van der Waals surface area contributed by atoms with E-state index in [1.807, 2.05) is 18.2 Å². The number of hydrogen-bond acceptors (Lipinski definition) is 3. The Bertz CT molecular complexity index is 572. The van der Waals surface area contributed by atoms with E-state index < -0.39 is 9.84 Å². The first-order chi connectivity index (χ1) is 9.40. The number of alkyl halides is 1. The van der Waals surface area contributed by atoms with E-state index in [0.717, 1.165) is 35.0 Å². The van der Waals surface area contributed by atoms with Crippen molar-refractivity contribution in [2.75, 3.05) is 6.26 Å². The zero-order valence-electron chi connectivity index (χ0n) is 11.3. The largest absolute Gasteiger partial charge is 0.490 e. The molecule has 6 heteroatoms. The molecule has 0 N–H and O–H groups in total. The van der Waals surface area contributed by atoms with Crippen molar-refractivity contribution < 1.29 is 13.2 Å². The van der Waals surface area contributed by atoms with Crippen molar-refractivity contribution >= 4 is 41.7 Å². The first-order valence-electron chi connectivity index (χ1n) is 6.60. The fourth-order valence-corrected chi connectivity index (χ4v) is 4.55. The predicted octanol–water partition coefficient (Wildman–Crippen LogP) is 4.08. The lowest BCUT2D eigenvalue weighted by Gasteiger charge is -2.29. The van der Waals surface area contributed by atoms with Gasteiger partial charge < -0.3 is 4.74 Å². The Hall–Kier alpha value is -0.0700. The summed E-state index contributed by atoms with van der Waals surface area (Å²) in [6, 6.07) is 5.89. The number of hydrogen-bond donors (Lipinski definition) is 0. The van der Waals surface area contributed by atoms with Crippen LogP contribution in [-0.2, 0) is 15.2 Å². The molecule has 0 radical (unpaired) electrons. The molecule has 0 amide bonds. The number of benzene rings is 1. The molecule has 1 aromatic carbocycles. The van der Waals surface area contributed by atoms with Gasteiger partial charge in [-0.1, -0.05) is 31.9 Å². The highest BCUT2D eigenvalue weighted by Crippen LogP contribution is 2.31. The van der Waals surface area contributed by atoms with Crippen LogP contribution in [0, 0.1) is 0 Å². The Morgan fingerprint density at radius 2 is 2.10 bits per heavy atom.